The predicted molar refractivity (Wildman–Crippen MR) is 68.9 cm³/mol. The number of carboxylic acid groups (broad SMARTS) is 1. The van der Waals surface area contributed by atoms with Crippen LogP contribution in [0.4, 0.5) is 4.79 Å². The molecule has 2 saturated heterocycles. The van der Waals surface area contributed by atoms with Gasteiger partial charge in [-0.05, 0) is 6.42 Å². The number of ether oxygens (including phenoxy) is 1. The van der Waals surface area contributed by atoms with E-state index in [0.29, 0.717) is 32.8 Å². The van der Waals surface area contributed by atoms with E-state index in [4.69, 9.17) is 9.84 Å². The van der Waals surface area contributed by atoms with Crippen molar-refractivity contribution in [1.82, 2.24) is 9.80 Å². The summed E-state index contributed by atoms with van der Waals surface area (Å²) in [4.78, 5) is 26.6. The molecular weight excluding hydrogens is 248 g/mol. The third-order valence-electron chi connectivity index (χ3n) is 4.14. The van der Waals surface area contributed by atoms with Crippen LogP contribution in [-0.2, 0) is 9.53 Å². The first kappa shape index (κ1) is 14.1. The van der Waals surface area contributed by atoms with E-state index in [-0.39, 0.29) is 24.0 Å². The molecule has 6 heteroatoms. The maximum absolute atomic E-state index is 12.2. The van der Waals surface area contributed by atoms with Crippen LogP contribution in [0.2, 0.25) is 0 Å². The lowest BCUT2D eigenvalue weighted by atomic mass is 9.87. The van der Waals surface area contributed by atoms with Crippen LogP contribution in [0.5, 0.6) is 0 Å². The number of urea groups is 1. The van der Waals surface area contributed by atoms with Crippen molar-refractivity contribution in [3.05, 3.63) is 0 Å². The standard InChI is InChI=1S/C13H22N2O4/c1-3-11-8-14(4-5-19-11)13(18)15-6-10(7-15)9(2)12(16)17/h9-11H,3-8H2,1-2H3,(H,16,17). The highest BCUT2D eigenvalue weighted by atomic mass is 16.5. The highest BCUT2D eigenvalue weighted by Crippen LogP contribution is 2.25. The number of hydrogen-bond donors (Lipinski definition) is 1. The molecule has 0 aliphatic carbocycles. The van der Waals surface area contributed by atoms with Gasteiger partial charge in [-0.25, -0.2) is 4.79 Å². The van der Waals surface area contributed by atoms with Crippen molar-refractivity contribution in [2.24, 2.45) is 11.8 Å². The second kappa shape index (κ2) is 5.77. The van der Waals surface area contributed by atoms with Crippen LogP contribution >= 0.6 is 0 Å². The number of morpholine rings is 1. The SMILES string of the molecule is CCC1CN(C(=O)N2CC(C(C)C(=O)O)C2)CCO1. The number of aliphatic carboxylic acids is 1. The topological polar surface area (TPSA) is 70.1 Å². The molecule has 0 saturated carbocycles. The van der Waals surface area contributed by atoms with Crippen molar-refractivity contribution >= 4 is 12.0 Å². The molecule has 19 heavy (non-hydrogen) atoms. The van der Waals surface area contributed by atoms with Crippen LogP contribution in [0.1, 0.15) is 20.3 Å². The Morgan fingerprint density at radius 3 is 2.58 bits per heavy atom. The van der Waals surface area contributed by atoms with Gasteiger partial charge in [0.2, 0.25) is 0 Å². The second-order valence-corrected chi connectivity index (χ2v) is 5.42. The number of amides is 2. The van der Waals surface area contributed by atoms with Crippen LogP contribution in [-0.4, -0.2) is 65.8 Å². The first-order valence-corrected chi connectivity index (χ1v) is 6.91. The van der Waals surface area contributed by atoms with Gasteiger partial charge in [0.15, 0.2) is 0 Å². The predicted octanol–water partition coefficient (Wildman–Crippen LogP) is 0.870. The zero-order valence-corrected chi connectivity index (χ0v) is 11.5. The van der Waals surface area contributed by atoms with Crippen LogP contribution in [0.25, 0.3) is 0 Å². The van der Waals surface area contributed by atoms with E-state index in [0.717, 1.165) is 6.42 Å². The molecule has 2 aliphatic rings. The van der Waals surface area contributed by atoms with Crippen molar-refractivity contribution in [2.75, 3.05) is 32.8 Å². The van der Waals surface area contributed by atoms with Crippen molar-refractivity contribution in [1.29, 1.82) is 0 Å². The highest BCUT2D eigenvalue weighted by Gasteiger charge is 2.39. The molecule has 108 valence electrons. The summed E-state index contributed by atoms with van der Waals surface area (Å²) in [5.41, 5.74) is 0. The normalized spacial score (nSPS) is 25.9. The van der Waals surface area contributed by atoms with Crippen LogP contribution in [0.3, 0.4) is 0 Å². The van der Waals surface area contributed by atoms with Crippen LogP contribution in [0.15, 0.2) is 0 Å². The summed E-state index contributed by atoms with van der Waals surface area (Å²) in [5, 5.41) is 8.93. The fraction of sp³-hybridized carbons (Fsp3) is 0.846. The molecule has 2 amide bonds. The lowest BCUT2D eigenvalue weighted by Gasteiger charge is -2.44. The van der Waals surface area contributed by atoms with Crippen molar-refractivity contribution in [2.45, 2.75) is 26.4 Å². The Kier molecular flexibility index (Phi) is 4.29. The number of rotatable bonds is 3. The van der Waals surface area contributed by atoms with Crippen LogP contribution < -0.4 is 0 Å². The summed E-state index contributed by atoms with van der Waals surface area (Å²) in [7, 11) is 0. The number of likely N-dealkylation sites (tertiary alicyclic amines) is 1. The number of carbonyl (C=O) groups is 2. The van der Waals surface area contributed by atoms with Gasteiger partial charge in [-0.15, -0.1) is 0 Å². The summed E-state index contributed by atoms with van der Waals surface area (Å²) >= 11 is 0. The average Bonchev–Trinajstić information content (AvgIpc) is 2.36. The van der Waals surface area contributed by atoms with Gasteiger partial charge >= 0.3 is 12.0 Å². The Labute approximate surface area is 113 Å². The van der Waals surface area contributed by atoms with Gasteiger partial charge < -0.3 is 19.6 Å². The number of nitrogens with zero attached hydrogens (tertiary/aromatic N) is 2. The molecule has 1 N–H and O–H groups in total. The van der Waals surface area contributed by atoms with Crippen molar-refractivity contribution in [3.63, 3.8) is 0 Å². The highest BCUT2D eigenvalue weighted by molar-refractivity contribution is 5.76. The Morgan fingerprint density at radius 1 is 1.32 bits per heavy atom. The molecule has 0 bridgehead atoms. The zero-order valence-electron chi connectivity index (χ0n) is 11.5. The maximum atomic E-state index is 12.2. The molecule has 2 unspecified atom stereocenters. The molecular formula is C13H22N2O4. The van der Waals surface area contributed by atoms with E-state index in [1.807, 2.05) is 11.8 Å². The largest absolute Gasteiger partial charge is 0.481 e. The molecule has 0 aromatic carbocycles. The Balaban J connectivity index is 1.81. The number of carbonyl (C=O) groups excluding carboxylic acids is 1. The Bertz CT molecular complexity index is 355. The van der Waals surface area contributed by atoms with Gasteiger partial charge in [-0.1, -0.05) is 13.8 Å². The Morgan fingerprint density at radius 2 is 2.00 bits per heavy atom. The van der Waals surface area contributed by atoms with E-state index in [2.05, 4.69) is 0 Å². The summed E-state index contributed by atoms with van der Waals surface area (Å²) < 4.78 is 5.54. The molecule has 0 spiro atoms. The van der Waals surface area contributed by atoms with Gasteiger partial charge in [-0.2, -0.15) is 0 Å². The van der Waals surface area contributed by atoms with Gasteiger partial charge in [-0.3, -0.25) is 4.79 Å². The van der Waals surface area contributed by atoms with E-state index in [1.165, 1.54) is 0 Å². The van der Waals surface area contributed by atoms with Gasteiger partial charge in [0.05, 0.1) is 18.6 Å². The fourth-order valence-electron chi connectivity index (χ4n) is 2.53. The zero-order chi connectivity index (χ0) is 14.0. The smallest absolute Gasteiger partial charge is 0.320 e. The number of hydrogen-bond acceptors (Lipinski definition) is 3. The monoisotopic (exact) mass is 270 g/mol. The van der Waals surface area contributed by atoms with Gasteiger partial charge in [0.25, 0.3) is 0 Å². The third-order valence-corrected chi connectivity index (χ3v) is 4.14. The summed E-state index contributed by atoms with van der Waals surface area (Å²) in [6.07, 6.45) is 1.04. The van der Waals surface area contributed by atoms with E-state index in [9.17, 15) is 9.59 Å². The minimum Gasteiger partial charge on any atom is -0.481 e. The third kappa shape index (κ3) is 3.00. The molecule has 6 nitrogen and oxygen atoms in total. The first-order chi connectivity index (χ1) is 9.02. The van der Waals surface area contributed by atoms with Crippen molar-refractivity contribution in [3.8, 4) is 0 Å². The molecule has 0 radical (unpaired) electrons. The van der Waals surface area contributed by atoms with Crippen LogP contribution in [0, 0.1) is 11.8 Å². The fourth-order valence-corrected chi connectivity index (χ4v) is 2.53. The van der Waals surface area contributed by atoms with Gasteiger partial charge in [0, 0.05) is 32.1 Å². The maximum Gasteiger partial charge on any atom is 0.320 e. The minimum atomic E-state index is -0.783. The Hall–Kier alpha value is -1.30. The lowest BCUT2D eigenvalue weighted by molar-refractivity contribution is -0.145. The molecule has 2 atom stereocenters. The molecule has 2 fully saturated rings. The summed E-state index contributed by atoms with van der Waals surface area (Å²) in [6, 6.07) is 0.0237. The molecule has 0 aromatic rings. The molecule has 2 heterocycles. The lowest BCUT2D eigenvalue weighted by Crippen LogP contribution is -2.59. The van der Waals surface area contributed by atoms with Crippen molar-refractivity contribution < 1.29 is 19.4 Å². The first-order valence-electron chi connectivity index (χ1n) is 6.91. The number of carboxylic acids is 1. The van der Waals surface area contributed by atoms with E-state index >= 15 is 0 Å². The second-order valence-electron chi connectivity index (χ2n) is 5.42. The minimum absolute atomic E-state index is 0.0237. The quantitative estimate of drug-likeness (QED) is 0.826. The summed E-state index contributed by atoms with van der Waals surface area (Å²) in [5.74, 6) is -1.07. The molecule has 0 aromatic heterocycles. The summed E-state index contributed by atoms with van der Waals surface area (Å²) in [6.45, 7) is 6.73. The van der Waals surface area contributed by atoms with E-state index < -0.39 is 5.97 Å². The van der Waals surface area contributed by atoms with Gasteiger partial charge in [0.1, 0.15) is 0 Å². The molecule has 2 rings (SSSR count). The average molecular weight is 270 g/mol. The van der Waals surface area contributed by atoms with E-state index in [1.54, 1.807) is 11.8 Å². The molecule has 2 aliphatic heterocycles.